The van der Waals surface area contributed by atoms with E-state index in [1.54, 1.807) is 0 Å². The van der Waals surface area contributed by atoms with E-state index in [0.717, 1.165) is 11.8 Å². The highest BCUT2D eigenvalue weighted by molar-refractivity contribution is 4.77. The highest BCUT2D eigenvalue weighted by Crippen LogP contribution is 2.32. The van der Waals surface area contributed by atoms with E-state index in [4.69, 9.17) is 5.73 Å². The number of rotatable bonds is 6. The molecule has 0 radical (unpaired) electrons. The summed E-state index contributed by atoms with van der Waals surface area (Å²) in [6.07, 6.45) is 17.3. The van der Waals surface area contributed by atoms with Gasteiger partial charge in [-0.05, 0) is 31.1 Å². The molecule has 0 amide bonds. The minimum atomic E-state index is 0.528. The van der Waals surface area contributed by atoms with Gasteiger partial charge in [-0.1, -0.05) is 57.8 Å². The lowest BCUT2D eigenvalue weighted by atomic mass is 9.80. The molecular formula is C15H29N. The molecule has 2 unspecified atom stereocenters. The molecule has 0 aliphatic heterocycles. The van der Waals surface area contributed by atoms with Crippen LogP contribution in [0.1, 0.15) is 77.0 Å². The van der Waals surface area contributed by atoms with Gasteiger partial charge in [-0.2, -0.15) is 0 Å². The van der Waals surface area contributed by atoms with Crippen LogP contribution in [0.2, 0.25) is 0 Å². The predicted molar refractivity (Wildman–Crippen MR) is 70.4 cm³/mol. The van der Waals surface area contributed by atoms with Crippen LogP contribution in [0.15, 0.2) is 0 Å². The second kappa shape index (κ2) is 6.64. The average Bonchev–Trinajstić information content (AvgIpc) is 2.23. The lowest BCUT2D eigenvalue weighted by Crippen LogP contribution is -2.32. The van der Waals surface area contributed by atoms with E-state index < -0.39 is 0 Å². The molecular weight excluding hydrogens is 194 g/mol. The van der Waals surface area contributed by atoms with Gasteiger partial charge in [0.25, 0.3) is 0 Å². The quantitative estimate of drug-likeness (QED) is 0.669. The van der Waals surface area contributed by atoms with Crippen molar-refractivity contribution in [3.8, 4) is 0 Å². The topological polar surface area (TPSA) is 26.0 Å². The summed E-state index contributed by atoms with van der Waals surface area (Å²) in [5, 5.41) is 0. The standard InChI is InChI=1S/C15H29N/c16-15-12-5-4-11-14(15)10-3-1-2-7-13-8-6-9-13/h13-15H,1-12,16H2. The Labute approximate surface area is 101 Å². The number of hydrogen-bond acceptors (Lipinski definition) is 1. The van der Waals surface area contributed by atoms with Crippen LogP contribution in [0, 0.1) is 11.8 Å². The Morgan fingerprint density at radius 3 is 2.19 bits per heavy atom. The van der Waals surface area contributed by atoms with E-state index in [0.29, 0.717) is 6.04 Å². The van der Waals surface area contributed by atoms with E-state index in [-0.39, 0.29) is 0 Å². The second-order valence-electron chi connectivity index (χ2n) is 6.14. The third kappa shape index (κ3) is 3.76. The Balaban J connectivity index is 1.46. The summed E-state index contributed by atoms with van der Waals surface area (Å²) in [4.78, 5) is 0. The van der Waals surface area contributed by atoms with Gasteiger partial charge in [-0.3, -0.25) is 0 Å². The van der Waals surface area contributed by atoms with Crippen LogP contribution in [0.4, 0.5) is 0 Å². The highest BCUT2D eigenvalue weighted by Gasteiger charge is 2.21. The first kappa shape index (κ1) is 12.4. The van der Waals surface area contributed by atoms with E-state index in [1.807, 2.05) is 0 Å². The summed E-state index contributed by atoms with van der Waals surface area (Å²) < 4.78 is 0. The van der Waals surface area contributed by atoms with Crippen molar-refractivity contribution >= 4 is 0 Å². The first-order valence-electron chi connectivity index (χ1n) is 7.62. The van der Waals surface area contributed by atoms with E-state index >= 15 is 0 Å². The van der Waals surface area contributed by atoms with Gasteiger partial charge in [-0.15, -0.1) is 0 Å². The van der Waals surface area contributed by atoms with Crippen LogP contribution in [-0.2, 0) is 0 Å². The van der Waals surface area contributed by atoms with Crippen LogP contribution < -0.4 is 5.73 Å². The minimum absolute atomic E-state index is 0.528. The summed E-state index contributed by atoms with van der Waals surface area (Å²) >= 11 is 0. The van der Waals surface area contributed by atoms with Gasteiger partial charge in [0.2, 0.25) is 0 Å². The Kier molecular flexibility index (Phi) is 5.15. The molecule has 94 valence electrons. The molecule has 2 saturated carbocycles. The summed E-state index contributed by atoms with van der Waals surface area (Å²) in [6.45, 7) is 0. The summed E-state index contributed by atoms with van der Waals surface area (Å²) in [7, 11) is 0. The maximum absolute atomic E-state index is 6.17. The van der Waals surface area contributed by atoms with Gasteiger partial charge < -0.3 is 5.73 Å². The fraction of sp³-hybridized carbons (Fsp3) is 1.00. The molecule has 0 aromatic rings. The molecule has 2 fully saturated rings. The molecule has 2 rings (SSSR count). The number of hydrogen-bond donors (Lipinski definition) is 1. The molecule has 1 nitrogen and oxygen atoms in total. The van der Waals surface area contributed by atoms with Gasteiger partial charge in [0.05, 0.1) is 0 Å². The monoisotopic (exact) mass is 223 g/mol. The smallest absolute Gasteiger partial charge is 0.00671 e. The van der Waals surface area contributed by atoms with E-state index in [9.17, 15) is 0 Å². The van der Waals surface area contributed by atoms with Crippen molar-refractivity contribution in [3.63, 3.8) is 0 Å². The Morgan fingerprint density at radius 2 is 1.50 bits per heavy atom. The molecule has 0 aromatic heterocycles. The van der Waals surface area contributed by atoms with Crippen molar-refractivity contribution in [1.82, 2.24) is 0 Å². The van der Waals surface area contributed by atoms with Crippen molar-refractivity contribution in [2.24, 2.45) is 17.6 Å². The fourth-order valence-electron chi connectivity index (χ4n) is 3.39. The summed E-state index contributed by atoms with van der Waals surface area (Å²) in [5.74, 6) is 1.97. The highest BCUT2D eigenvalue weighted by atomic mass is 14.7. The summed E-state index contributed by atoms with van der Waals surface area (Å²) in [5.41, 5.74) is 6.17. The number of unbranched alkanes of at least 4 members (excludes halogenated alkanes) is 2. The number of nitrogens with two attached hydrogens (primary N) is 1. The van der Waals surface area contributed by atoms with Crippen LogP contribution in [0.25, 0.3) is 0 Å². The van der Waals surface area contributed by atoms with Crippen LogP contribution in [-0.4, -0.2) is 6.04 Å². The van der Waals surface area contributed by atoms with Crippen LogP contribution >= 0.6 is 0 Å². The Hall–Kier alpha value is -0.0400. The predicted octanol–water partition coefficient (Wildman–Crippen LogP) is 4.25. The lowest BCUT2D eigenvalue weighted by molar-refractivity contribution is 0.270. The molecule has 16 heavy (non-hydrogen) atoms. The zero-order valence-corrected chi connectivity index (χ0v) is 10.8. The molecule has 0 saturated heterocycles. The van der Waals surface area contributed by atoms with E-state index in [1.165, 1.54) is 77.0 Å². The molecule has 0 spiro atoms. The molecule has 1 heteroatoms. The maximum atomic E-state index is 6.17. The zero-order chi connectivity index (χ0) is 11.2. The third-order valence-corrected chi connectivity index (χ3v) is 4.88. The van der Waals surface area contributed by atoms with Crippen molar-refractivity contribution < 1.29 is 0 Å². The van der Waals surface area contributed by atoms with Gasteiger partial charge in [-0.25, -0.2) is 0 Å². The van der Waals surface area contributed by atoms with Gasteiger partial charge in [0, 0.05) is 6.04 Å². The summed E-state index contributed by atoms with van der Waals surface area (Å²) in [6, 6.07) is 0.528. The minimum Gasteiger partial charge on any atom is -0.327 e. The average molecular weight is 223 g/mol. The van der Waals surface area contributed by atoms with E-state index in [2.05, 4.69) is 0 Å². The maximum Gasteiger partial charge on any atom is 0.00671 e. The molecule has 2 aliphatic rings. The molecule has 0 aromatic carbocycles. The lowest BCUT2D eigenvalue weighted by Gasteiger charge is -2.28. The second-order valence-corrected chi connectivity index (χ2v) is 6.14. The van der Waals surface area contributed by atoms with Crippen molar-refractivity contribution in [2.45, 2.75) is 83.1 Å². The normalized spacial score (nSPS) is 31.3. The van der Waals surface area contributed by atoms with Crippen molar-refractivity contribution in [3.05, 3.63) is 0 Å². The third-order valence-electron chi connectivity index (χ3n) is 4.88. The molecule has 0 heterocycles. The van der Waals surface area contributed by atoms with Crippen molar-refractivity contribution in [2.75, 3.05) is 0 Å². The molecule has 2 N–H and O–H groups in total. The first-order chi connectivity index (χ1) is 7.86. The Morgan fingerprint density at radius 1 is 0.750 bits per heavy atom. The van der Waals surface area contributed by atoms with Gasteiger partial charge in [0.1, 0.15) is 0 Å². The molecule has 2 aliphatic carbocycles. The molecule has 0 bridgehead atoms. The van der Waals surface area contributed by atoms with Crippen LogP contribution in [0.5, 0.6) is 0 Å². The van der Waals surface area contributed by atoms with Crippen molar-refractivity contribution in [1.29, 1.82) is 0 Å². The largest absolute Gasteiger partial charge is 0.327 e. The SMILES string of the molecule is NC1CCCCC1CCCCCC1CCC1. The Bertz CT molecular complexity index is 186. The first-order valence-corrected chi connectivity index (χ1v) is 7.62. The molecule has 2 atom stereocenters. The van der Waals surface area contributed by atoms with Crippen LogP contribution in [0.3, 0.4) is 0 Å². The fourth-order valence-corrected chi connectivity index (χ4v) is 3.39. The zero-order valence-electron chi connectivity index (χ0n) is 10.8. The van der Waals surface area contributed by atoms with Gasteiger partial charge >= 0.3 is 0 Å². The van der Waals surface area contributed by atoms with Gasteiger partial charge in [0.15, 0.2) is 0 Å².